The molecule has 17 heavy (non-hydrogen) atoms. The van der Waals surface area contributed by atoms with Crippen molar-refractivity contribution in [1.29, 1.82) is 0 Å². The molecule has 4 heteroatoms. The number of rotatable bonds is 6. The van der Waals surface area contributed by atoms with E-state index in [-0.39, 0.29) is 0 Å². The lowest BCUT2D eigenvalue weighted by Crippen LogP contribution is -2.29. The molecule has 0 fully saturated rings. The van der Waals surface area contributed by atoms with Gasteiger partial charge in [-0.05, 0) is 19.3 Å². The van der Waals surface area contributed by atoms with Crippen molar-refractivity contribution in [1.82, 2.24) is 9.97 Å². The van der Waals surface area contributed by atoms with E-state index < -0.39 is 0 Å². The molecule has 0 unspecified atom stereocenters. The van der Waals surface area contributed by atoms with Crippen molar-refractivity contribution in [3.8, 4) is 0 Å². The van der Waals surface area contributed by atoms with E-state index in [4.69, 9.17) is 5.73 Å². The number of nitrogens with two attached hydrogens (primary N) is 1. The number of hydrogen-bond donors (Lipinski definition) is 1. The normalized spacial score (nSPS) is 10.9. The molecule has 0 aliphatic carbocycles. The van der Waals surface area contributed by atoms with Crippen molar-refractivity contribution in [3.63, 3.8) is 0 Å². The van der Waals surface area contributed by atoms with E-state index in [0.717, 1.165) is 37.3 Å². The summed E-state index contributed by atoms with van der Waals surface area (Å²) in [7, 11) is 0. The van der Waals surface area contributed by atoms with Crippen LogP contribution in [-0.2, 0) is 6.42 Å². The maximum Gasteiger partial charge on any atom is 0.137 e. The highest BCUT2D eigenvalue weighted by molar-refractivity contribution is 5.56. The molecular weight excluding hydrogens is 212 g/mol. The third-order valence-corrected chi connectivity index (χ3v) is 2.72. The lowest BCUT2D eigenvalue weighted by atomic mass is 10.1. The van der Waals surface area contributed by atoms with Gasteiger partial charge in [0.15, 0.2) is 0 Å². The van der Waals surface area contributed by atoms with Crippen molar-refractivity contribution in [2.24, 2.45) is 5.92 Å². The van der Waals surface area contributed by atoms with Gasteiger partial charge in [0.25, 0.3) is 0 Å². The van der Waals surface area contributed by atoms with Crippen molar-refractivity contribution >= 4 is 11.6 Å². The first-order valence-electron chi connectivity index (χ1n) is 6.44. The number of nitrogens with zero attached hydrogens (tertiary/aromatic N) is 3. The third-order valence-electron chi connectivity index (χ3n) is 2.72. The van der Waals surface area contributed by atoms with Gasteiger partial charge in [-0.3, -0.25) is 0 Å². The van der Waals surface area contributed by atoms with Crippen LogP contribution < -0.4 is 10.6 Å². The Kier molecular flexibility index (Phi) is 5.19. The summed E-state index contributed by atoms with van der Waals surface area (Å²) < 4.78 is 0. The number of hydrogen-bond acceptors (Lipinski definition) is 4. The molecular formula is C13H24N4. The minimum Gasteiger partial charge on any atom is -0.383 e. The molecule has 0 amide bonds. The molecule has 0 spiro atoms. The smallest absolute Gasteiger partial charge is 0.137 e. The summed E-state index contributed by atoms with van der Waals surface area (Å²) in [6.07, 6.45) is 3.56. The molecule has 2 N–H and O–H groups in total. The second-order valence-electron chi connectivity index (χ2n) is 4.74. The molecule has 0 saturated carbocycles. The van der Waals surface area contributed by atoms with Gasteiger partial charge >= 0.3 is 0 Å². The Bertz CT molecular complexity index is 349. The maximum atomic E-state index is 5.95. The number of nitrogen functional groups attached to an aromatic ring is 1. The largest absolute Gasteiger partial charge is 0.383 e. The van der Waals surface area contributed by atoms with Crippen LogP contribution >= 0.6 is 0 Å². The maximum absolute atomic E-state index is 5.95. The van der Waals surface area contributed by atoms with Crippen LogP contribution in [0.2, 0.25) is 0 Å². The summed E-state index contributed by atoms with van der Waals surface area (Å²) >= 11 is 0. The summed E-state index contributed by atoms with van der Waals surface area (Å²) in [6, 6.07) is 0. The van der Waals surface area contributed by atoms with Crippen molar-refractivity contribution < 1.29 is 0 Å². The first-order chi connectivity index (χ1) is 8.10. The predicted molar refractivity (Wildman–Crippen MR) is 73.2 cm³/mol. The van der Waals surface area contributed by atoms with Gasteiger partial charge in [0.1, 0.15) is 18.0 Å². The van der Waals surface area contributed by atoms with Crippen LogP contribution in [0.4, 0.5) is 11.6 Å². The van der Waals surface area contributed by atoms with E-state index in [1.807, 2.05) is 0 Å². The first-order valence-corrected chi connectivity index (χ1v) is 6.44. The summed E-state index contributed by atoms with van der Waals surface area (Å²) in [5, 5.41) is 0. The highest BCUT2D eigenvalue weighted by atomic mass is 15.2. The highest BCUT2D eigenvalue weighted by Gasteiger charge is 2.15. The van der Waals surface area contributed by atoms with Crippen LogP contribution in [0, 0.1) is 5.92 Å². The van der Waals surface area contributed by atoms with Crippen molar-refractivity contribution in [2.45, 2.75) is 40.5 Å². The SMILES string of the molecule is CCCc1c(N)ncnc1N(CC)CC(C)C. The number of anilines is 2. The van der Waals surface area contributed by atoms with E-state index in [9.17, 15) is 0 Å². The van der Waals surface area contributed by atoms with Gasteiger partial charge in [-0.25, -0.2) is 9.97 Å². The highest BCUT2D eigenvalue weighted by Crippen LogP contribution is 2.23. The van der Waals surface area contributed by atoms with E-state index >= 15 is 0 Å². The van der Waals surface area contributed by atoms with Crippen molar-refractivity contribution in [3.05, 3.63) is 11.9 Å². The standard InChI is InChI=1S/C13H24N4/c1-5-7-11-12(14)15-9-16-13(11)17(6-2)8-10(3)4/h9-10H,5-8H2,1-4H3,(H2,14,15,16). The van der Waals surface area contributed by atoms with Gasteiger partial charge in [-0.1, -0.05) is 27.2 Å². The molecule has 0 atom stereocenters. The van der Waals surface area contributed by atoms with Gasteiger partial charge in [-0.15, -0.1) is 0 Å². The summed E-state index contributed by atoms with van der Waals surface area (Å²) in [4.78, 5) is 10.8. The zero-order valence-electron chi connectivity index (χ0n) is 11.4. The topological polar surface area (TPSA) is 55.0 Å². The molecule has 96 valence electrons. The van der Waals surface area contributed by atoms with Crippen LogP contribution in [0.15, 0.2) is 6.33 Å². The van der Waals surface area contributed by atoms with Crippen LogP contribution in [0.25, 0.3) is 0 Å². The molecule has 0 saturated heterocycles. The fraction of sp³-hybridized carbons (Fsp3) is 0.692. The van der Waals surface area contributed by atoms with Gasteiger partial charge < -0.3 is 10.6 Å². The molecule has 4 nitrogen and oxygen atoms in total. The zero-order chi connectivity index (χ0) is 12.8. The van der Waals surface area contributed by atoms with Crippen LogP contribution in [0.1, 0.15) is 39.7 Å². The quantitative estimate of drug-likeness (QED) is 0.824. The van der Waals surface area contributed by atoms with E-state index in [2.05, 4.69) is 42.6 Å². The molecule has 0 aliphatic heterocycles. The Morgan fingerprint density at radius 1 is 1.29 bits per heavy atom. The van der Waals surface area contributed by atoms with Gasteiger partial charge in [0.2, 0.25) is 0 Å². The molecule has 1 aromatic rings. The lowest BCUT2D eigenvalue weighted by Gasteiger charge is -2.26. The second kappa shape index (κ2) is 6.42. The fourth-order valence-corrected chi connectivity index (χ4v) is 1.98. The van der Waals surface area contributed by atoms with E-state index in [1.165, 1.54) is 0 Å². The van der Waals surface area contributed by atoms with Gasteiger partial charge in [-0.2, -0.15) is 0 Å². The summed E-state index contributed by atoms with van der Waals surface area (Å²) in [5.41, 5.74) is 7.05. The molecule has 0 radical (unpaired) electrons. The average Bonchev–Trinajstić information content (AvgIpc) is 2.29. The Morgan fingerprint density at radius 2 is 2.00 bits per heavy atom. The van der Waals surface area contributed by atoms with Gasteiger partial charge in [0.05, 0.1) is 0 Å². The fourth-order valence-electron chi connectivity index (χ4n) is 1.98. The molecule has 0 bridgehead atoms. The van der Waals surface area contributed by atoms with Crippen molar-refractivity contribution in [2.75, 3.05) is 23.7 Å². The minimum atomic E-state index is 0.612. The molecule has 1 rings (SSSR count). The van der Waals surface area contributed by atoms with Gasteiger partial charge in [0, 0.05) is 18.7 Å². The molecule has 0 aliphatic rings. The zero-order valence-corrected chi connectivity index (χ0v) is 11.4. The van der Waals surface area contributed by atoms with Crippen LogP contribution in [0.5, 0.6) is 0 Å². The Morgan fingerprint density at radius 3 is 2.53 bits per heavy atom. The Balaban J connectivity index is 3.04. The summed E-state index contributed by atoms with van der Waals surface area (Å²) in [6.45, 7) is 10.7. The molecule has 1 heterocycles. The minimum absolute atomic E-state index is 0.612. The monoisotopic (exact) mass is 236 g/mol. The average molecular weight is 236 g/mol. The Hall–Kier alpha value is -1.32. The Labute approximate surface area is 104 Å². The predicted octanol–water partition coefficient (Wildman–Crippen LogP) is 2.49. The van der Waals surface area contributed by atoms with E-state index in [0.29, 0.717) is 11.7 Å². The lowest BCUT2D eigenvalue weighted by molar-refractivity contribution is 0.611. The second-order valence-corrected chi connectivity index (χ2v) is 4.74. The van der Waals surface area contributed by atoms with Crippen LogP contribution in [0.3, 0.4) is 0 Å². The van der Waals surface area contributed by atoms with E-state index in [1.54, 1.807) is 6.33 Å². The third kappa shape index (κ3) is 3.58. The first kappa shape index (κ1) is 13.7. The molecule has 1 aromatic heterocycles. The van der Waals surface area contributed by atoms with Crippen LogP contribution in [-0.4, -0.2) is 23.1 Å². The summed E-state index contributed by atoms with van der Waals surface area (Å²) in [5.74, 6) is 2.25. The molecule has 0 aromatic carbocycles. The number of aromatic nitrogens is 2.